The lowest BCUT2D eigenvalue weighted by molar-refractivity contribution is 0.630. The number of nitrogens with zero attached hydrogens (tertiary/aromatic N) is 2. The highest BCUT2D eigenvalue weighted by molar-refractivity contribution is 14.1. The Labute approximate surface area is 75.2 Å². The lowest BCUT2D eigenvalue weighted by atomic mass is 10.3. The van der Waals surface area contributed by atoms with E-state index in [4.69, 9.17) is 0 Å². The first kappa shape index (κ1) is 6.96. The zero-order chi connectivity index (χ0) is 7.84. The largest absolute Gasteiger partial charge is 0.274 e. The van der Waals surface area contributed by atoms with Gasteiger partial charge in [-0.25, -0.2) is 4.39 Å². The molecule has 0 amide bonds. The van der Waals surface area contributed by atoms with E-state index in [1.807, 2.05) is 22.6 Å². The van der Waals surface area contributed by atoms with Crippen molar-refractivity contribution in [3.8, 4) is 0 Å². The molecule has 56 valence electrons. The molecule has 2 aromatic rings. The summed E-state index contributed by atoms with van der Waals surface area (Å²) in [5.41, 5.74) is 0.421. The fraction of sp³-hybridized carbons (Fsp3) is 0. The molecule has 0 unspecified atom stereocenters. The van der Waals surface area contributed by atoms with Crippen molar-refractivity contribution < 1.29 is 4.39 Å². The molecule has 0 spiro atoms. The van der Waals surface area contributed by atoms with Crippen LogP contribution in [-0.4, -0.2) is 15.2 Å². The molecule has 2 heterocycles. The zero-order valence-corrected chi connectivity index (χ0v) is 7.46. The van der Waals surface area contributed by atoms with Crippen LogP contribution in [0.4, 0.5) is 4.39 Å². The summed E-state index contributed by atoms with van der Waals surface area (Å²) in [6.45, 7) is 0. The van der Waals surface area contributed by atoms with Gasteiger partial charge < -0.3 is 0 Å². The van der Waals surface area contributed by atoms with Crippen LogP contribution in [0.25, 0.3) is 10.9 Å². The van der Waals surface area contributed by atoms with Gasteiger partial charge in [-0.2, -0.15) is 5.10 Å². The first-order valence-corrected chi connectivity index (χ1v) is 4.00. The van der Waals surface area contributed by atoms with Gasteiger partial charge in [-0.05, 0) is 22.6 Å². The topological polar surface area (TPSA) is 41.6 Å². The van der Waals surface area contributed by atoms with Crippen molar-refractivity contribution in [3.05, 3.63) is 21.9 Å². The smallest absolute Gasteiger partial charge is 0.167 e. The summed E-state index contributed by atoms with van der Waals surface area (Å²) in [7, 11) is 0. The van der Waals surface area contributed by atoms with Crippen LogP contribution >= 0.6 is 22.6 Å². The molecule has 0 saturated carbocycles. The minimum atomic E-state index is -0.363. The summed E-state index contributed by atoms with van der Waals surface area (Å²) in [4.78, 5) is 3.71. The van der Waals surface area contributed by atoms with Crippen LogP contribution in [0.2, 0.25) is 0 Å². The third kappa shape index (κ3) is 0.991. The van der Waals surface area contributed by atoms with Crippen LogP contribution in [-0.2, 0) is 0 Å². The number of nitrogens with one attached hydrogen (secondary N) is 1. The van der Waals surface area contributed by atoms with E-state index in [0.717, 1.165) is 15.3 Å². The van der Waals surface area contributed by atoms with Gasteiger partial charge >= 0.3 is 0 Å². The molecule has 0 bridgehead atoms. The van der Waals surface area contributed by atoms with Crippen molar-refractivity contribution in [1.29, 1.82) is 0 Å². The maximum atomic E-state index is 12.9. The second kappa shape index (κ2) is 2.40. The van der Waals surface area contributed by atoms with E-state index in [0.29, 0.717) is 5.52 Å². The van der Waals surface area contributed by atoms with Crippen molar-refractivity contribution in [3.63, 3.8) is 0 Å². The highest BCUT2D eigenvalue weighted by atomic mass is 127. The Morgan fingerprint density at radius 2 is 2.27 bits per heavy atom. The van der Waals surface area contributed by atoms with Gasteiger partial charge in [0.25, 0.3) is 0 Å². The third-order valence-corrected chi connectivity index (χ3v) is 2.21. The number of pyridine rings is 1. The van der Waals surface area contributed by atoms with Gasteiger partial charge in [0.05, 0.1) is 11.6 Å². The Balaban J connectivity index is 2.94. The highest BCUT2D eigenvalue weighted by Crippen LogP contribution is 2.17. The van der Waals surface area contributed by atoms with E-state index in [9.17, 15) is 4.39 Å². The summed E-state index contributed by atoms with van der Waals surface area (Å²) < 4.78 is 13.6. The Bertz CT molecular complexity index is 398. The molecule has 0 atom stereocenters. The normalized spacial score (nSPS) is 10.7. The maximum Gasteiger partial charge on any atom is 0.167 e. The molecule has 2 rings (SSSR count). The number of halogens is 2. The van der Waals surface area contributed by atoms with Gasteiger partial charge in [0.1, 0.15) is 9.22 Å². The number of fused-ring (bicyclic) bond motifs is 1. The van der Waals surface area contributed by atoms with Crippen LogP contribution < -0.4 is 0 Å². The van der Waals surface area contributed by atoms with Gasteiger partial charge in [-0.1, -0.05) is 0 Å². The van der Waals surface area contributed by atoms with Crippen molar-refractivity contribution in [1.82, 2.24) is 15.2 Å². The number of H-pyrrole nitrogens is 1. The van der Waals surface area contributed by atoms with Crippen molar-refractivity contribution in [2.75, 3.05) is 0 Å². The lowest BCUT2D eigenvalue weighted by Gasteiger charge is -1.87. The third-order valence-electron chi connectivity index (χ3n) is 1.39. The Kier molecular flexibility index (Phi) is 1.52. The molecule has 0 aliphatic rings. The van der Waals surface area contributed by atoms with Gasteiger partial charge in [0.15, 0.2) is 5.82 Å². The van der Waals surface area contributed by atoms with E-state index in [1.165, 1.54) is 0 Å². The van der Waals surface area contributed by atoms with Crippen LogP contribution in [0.15, 0.2) is 12.4 Å². The molecule has 0 aliphatic heterocycles. The van der Waals surface area contributed by atoms with E-state index >= 15 is 0 Å². The molecular formula is C6H3FIN3. The monoisotopic (exact) mass is 263 g/mol. The molecule has 0 aromatic carbocycles. The van der Waals surface area contributed by atoms with Crippen molar-refractivity contribution in [2.45, 2.75) is 0 Å². The predicted octanol–water partition coefficient (Wildman–Crippen LogP) is 1.70. The standard InChI is InChI=1S/C6H3FIN3/c7-4-2-9-1-3-5(4)10-11-6(3)8/h1-2H,(H,10,11). The van der Waals surface area contributed by atoms with Crippen molar-refractivity contribution >= 4 is 33.5 Å². The van der Waals surface area contributed by atoms with Crippen LogP contribution in [0, 0.1) is 9.52 Å². The van der Waals surface area contributed by atoms with Gasteiger partial charge in [0, 0.05) is 6.20 Å². The summed E-state index contributed by atoms with van der Waals surface area (Å²) in [5, 5.41) is 7.15. The molecule has 1 N–H and O–H groups in total. The maximum absolute atomic E-state index is 12.9. The number of hydrogen-bond donors (Lipinski definition) is 1. The van der Waals surface area contributed by atoms with E-state index in [2.05, 4.69) is 15.2 Å². The molecular weight excluding hydrogens is 260 g/mol. The number of aromatic nitrogens is 3. The summed E-state index contributed by atoms with van der Waals surface area (Å²) in [6, 6.07) is 0. The molecule has 5 heteroatoms. The average Bonchev–Trinajstić information content (AvgIpc) is 2.35. The number of hydrogen-bond acceptors (Lipinski definition) is 2. The Morgan fingerprint density at radius 1 is 1.45 bits per heavy atom. The molecule has 0 fully saturated rings. The van der Waals surface area contributed by atoms with Crippen molar-refractivity contribution in [2.24, 2.45) is 0 Å². The fourth-order valence-corrected chi connectivity index (χ4v) is 1.40. The van der Waals surface area contributed by atoms with E-state index in [1.54, 1.807) is 6.20 Å². The molecule has 3 nitrogen and oxygen atoms in total. The molecule has 2 aromatic heterocycles. The van der Waals surface area contributed by atoms with Crippen LogP contribution in [0.5, 0.6) is 0 Å². The summed E-state index contributed by atoms with van der Waals surface area (Å²) in [6.07, 6.45) is 2.75. The molecule has 0 saturated heterocycles. The predicted molar refractivity (Wildman–Crippen MR) is 46.6 cm³/mol. The van der Waals surface area contributed by atoms with Gasteiger partial charge in [-0.3, -0.25) is 10.1 Å². The molecule has 0 radical (unpaired) electrons. The van der Waals surface area contributed by atoms with Gasteiger partial charge in [0.2, 0.25) is 0 Å². The summed E-state index contributed by atoms with van der Waals surface area (Å²) in [5.74, 6) is -0.363. The van der Waals surface area contributed by atoms with Gasteiger partial charge in [-0.15, -0.1) is 0 Å². The van der Waals surface area contributed by atoms with E-state index in [-0.39, 0.29) is 5.82 Å². The second-order valence-corrected chi connectivity index (χ2v) is 3.08. The highest BCUT2D eigenvalue weighted by Gasteiger charge is 2.05. The Morgan fingerprint density at radius 3 is 3.00 bits per heavy atom. The molecule has 11 heavy (non-hydrogen) atoms. The number of aromatic amines is 1. The summed E-state index contributed by atoms with van der Waals surface area (Å²) >= 11 is 2.02. The van der Waals surface area contributed by atoms with E-state index < -0.39 is 0 Å². The lowest BCUT2D eigenvalue weighted by Crippen LogP contribution is -1.79. The second-order valence-electron chi connectivity index (χ2n) is 2.06. The minimum Gasteiger partial charge on any atom is -0.274 e. The first-order valence-electron chi connectivity index (χ1n) is 2.92. The minimum absolute atomic E-state index is 0.363. The fourth-order valence-electron chi connectivity index (χ4n) is 0.870. The number of rotatable bonds is 0. The SMILES string of the molecule is Fc1cncc2c(I)n[nH]c12. The first-order chi connectivity index (χ1) is 5.29. The quantitative estimate of drug-likeness (QED) is 0.735. The van der Waals surface area contributed by atoms with Crippen LogP contribution in [0.1, 0.15) is 0 Å². The average molecular weight is 263 g/mol. The zero-order valence-electron chi connectivity index (χ0n) is 5.31. The molecule has 0 aliphatic carbocycles. The van der Waals surface area contributed by atoms with Crippen LogP contribution in [0.3, 0.4) is 0 Å². The Hall–Kier alpha value is -0.720.